The summed E-state index contributed by atoms with van der Waals surface area (Å²) in [6.45, 7) is 7.16. The average molecular weight is 313 g/mol. The van der Waals surface area contributed by atoms with Gasteiger partial charge in [0, 0.05) is 18.3 Å². The maximum Gasteiger partial charge on any atom is 0.250 e. The number of fused-ring (bicyclic) bond motifs is 4. The van der Waals surface area contributed by atoms with Crippen LogP contribution >= 0.6 is 0 Å². The zero-order valence-corrected chi connectivity index (χ0v) is 14.1. The van der Waals surface area contributed by atoms with Crippen molar-refractivity contribution in [2.75, 3.05) is 18.8 Å². The molecule has 4 nitrogen and oxygen atoms in total. The molecule has 2 fully saturated rings. The van der Waals surface area contributed by atoms with Crippen LogP contribution in [0.2, 0.25) is 0 Å². The first kappa shape index (κ1) is 15.0. The molecule has 0 unspecified atom stereocenters. The zero-order valence-electron chi connectivity index (χ0n) is 14.1. The van der Waals surface area contributed by atoms with Crippen molar-refractivity contribution >= 4 is 11.6 Å². The van der Waals surface area contributed by atoms with Crippen molar-refractivity contribution in [3.05, 3.63) is 28.8 Å². The highest BCUT2D eigenvalue weighted by molar-refractivity contribution is 5.98. The SMILES string of the molecule is C[C@H]1[C@H]2Cc3cc(N)c(C(N)=O)cc3[C@]1(C)CCN2CC1CC1. The van der Waals surface area contributed by atoms with Crippen LogP contribution in [0.3, 0.4) is 0 Å². The van der Waals surface area contributed by atoms with Gasteiger partial charge in [0.15, 0.2) is 0 Å². The molecule has 1 aromatic carbocycles. The van der Waals surface area contributed by atoms with Gasteiger partial charge in [-0.3, -0.25) is 9.69 Å². The van der Waals surface area contributed by atoms with Crippen LogP contribution in [0.4, 0.5) is 5.69 Å². The summed E-state index contributed by atoms with van der Waals surface area (Å²) >= 11 is 0. The van der Waals surface area contributed by atoms with E-state index in [4.69, 9.17) is 11.5 Å². The number of rotatable bonds is 3. The number of hydrogen-bond donors (Lipinski definition) is 2. The molecule has 3 atom stereocenters. The van der Waals surface area contributed by atoms with E-state index < -0.39 is 5.91 Å². The second kappa shape index (κ2) is 4.97. The molecular weight excluding hydrogens is 286 g/mol. The second-order valence-electron chi connectivity index (χ2n) is 8.13. The highest BCUT2D eigenvalue weighted by Crippen LogP contribution is 2.50. The minimum atomic E-state index is -0.421. The van der Waals surface area contributed by atoms with Crippen molar-refractivity contribution in [3.63, 3.8) is 0 Å². The Bertz CT molecular complexity index is 667. The highest BCUT2D eigenvalue weighted by atomic mass is 16.1. The van der Waals surface area contributed by atoms with Crippen molar-refractivity contribution in [2.24, 2.45) is 17.6 Å². The Morgan fingerprint density at radius 3 is 2.78 bits per heavy atom. The summed E-state index contributed by atoms with van der Waals surface area (Å²) in [5.41, 5.74) is 15.3. The van der Waals surface area contributed by atoms with Gasteiger partial charge in [0.25, 0.3) is 5.91 Å². The smallest absolute Gasteiger partial charge is 0.250 e. The predicted molar refractivity (Wildman–Crippen MR) is 92.3 cm³/mol. The molecule has 2 bridgehead atoms. The van der Waals surface area contributed by atoms with Crippen LogP contribution in [0.1, 0.15) is 54.6 Å². The van der Waals surface area contributed by atoms with Crippen LogP contribution in [-0.4, -0.2) is 29.9 Å². The van der Waals surface area contributed by atoms with Gasteiger partial charge < -0.3 is 11.5 Å². The van der Waals surface area contributed by atoms with Gasteiger partial charge in [0.2, 0.25) is 0 Å². The highest BCUT2D eigenvalue weighted by Gasteiger charge is 2.49. The first-order valence-electron chi connectivity index (χ1n) is 8.87. The number of amides is 1. The first-order chi connectivity index (χ1) is 10.9. The Balaban J connectivity index is 1.75. The molecule has 0 aromatic heterocycles. The lowest BCUT2D eigenvalue weighted by Gasteiger charge is -2.55. The van der Waals surface area contributed by atoms with Gasteiger partial charge in [-0.25, -0.2) is 0 Å². The Morgan fingerprint density at radius 1 is 1.39 bits per heavy atom. The molecule has 1 aliphatic heterocycles. The average Bonchev–Trinajstić information content (AvgIpc) is 3.29. The van der Waals surface area contributed by atoms with Crippen LogP contribution < -0.4 is 11.5 Å². The minimum absolute atomic E-state index is 0.121. The fraction of sp³-hybridized carbons (Fsp3) is 0.632. The number of primary amides is 1. The normalized spacial score (nSPS) is 33.3. The molecule has 4 N–H and O–H groups in total. The molecular formula is C19H27N3O. The fourth-order valence-corrected chi connectivity index (χ4v) is 4.86. The van der Waals surface area contributed by atoms with Crippen LogP contribution in [0, 0.1) is 11.8 Å². The number of nitrogen functional groups attached to an aromatic ring is 1. The van der Waals surface area contributed by atoms with Crippen LogP contribution in [0.15, 0.2) is 12.1 Å². The third-order valence-corrected chi connectivity index (χ3v) is 6.74. The zero-order chi connectivity index (χ0) is 16.4. The van der Waals surface area contributed by atoms with E-state index >= 15 is 0 Å². The Hall–Kier alpha value is -1.55. The summed E-state index contributed by atoms with van der Waals surface area (Å²) in [5.74, 6) is 1.09. The van der Waals surface area contributed by atoms with Crippen molar-refractivity contribution in [2.45, 2.75) is 51.0 Å². The van der Waals surface area contributed by atoms with Crippen molar-refractivity contribution in [3.8, 4) is 0 Å². The number of anilines is 1. The van der Waals surface area contributed by atoms with E-state index in [0.717, 1.165) is 25.3 Å². The molecule has 124 valence electrons. The number of hydrogen-bond acceptors (Lipinski definition) is 3. The number of benzene rings is 1. The summed E-state index contributed by atoms with van der Waals surface area (Å²) < 4.78 is 0. The van der Waals surface area contributed by atoms with Gasteiger partial charge in [0.05, 0.1) is 5.56 Å². The van der Waals surface area contributed by atoms with Gasteiger partial charge in [-0.15, -0.1) is 0 Å². The van der Waals surface area contributed by atoms with Crippen LogP contribution in [0.25, 0.3) is 0 Å². The fourth-order valence-electron chi connectivity index (χ4n) is 4.86. The molecule has 1 saturated carbocycles. The lowest BCUT2D eigenvalue weighted by atomic mass is 9.58. The lowest BCUT2D eigenvalue weighted by molar-refractivity contribution is 0.0284. The molecule has 4 rings (SSSR count). The van der Waals surface area contributed by atoms with Gasteiger partial charge in [-0.2, -0.15) is 0 Å². The molecule has 3 aliphatic rings. The van der Waals surface area contributed by atoms with Gasteiger partial charge in [-0.1, -0.05) is 13.8 Å². The third kappa shape index (κ3) is 2.26. The molecule has 1 amide bonds. The molecule has 23 heavy (non-hydrogen) atoms. The molecule has 1 saturated heterocycles. The second-order valence-corrected chi connectivity index (χ2v) is 8.13. The van der Waals surface area contributed by atoms with Crippen LogP contribution in [0.5, 0.6) is 0 Å². The molecule has 1 aromatic rings. The molecule has 4 heteroatoms. The van der Waals surface area contributed by atoms with Gasteiger partial charge >= 0.3 is 0 Å². The summed E-state index contributed by atoms with van der Waals surface area (Å²) in [6.07, 6.45) is 5.00. The topological polar surface area (TPSA) is 72.3 Å². The van der Waals surface area contributed by atoms with E-state index in [1.807, 2.05) is 12.1 Å². The van der Waals surface area contributed by atoms with Crippen molar-refractivity contribution in [1.29, 1.82) is 0 Å². The summed E-state index contributed by atoms with van der Waals surface area (Å²) in [6, 6.07) is 4.59. The van der Waals surface area contributed by atoms with Gasteiger partial charge in [-0.05, 0) is 72.7 Å². The number of nitrogens with zero attached hydrogens (tertiary/aromatic N) is 1. The number of carbonyl (C=O) groups is 1. The monoisotopic (exact) mass is 313 g/mol. The van der Waals surface area contributed by atoms with E-state index in [9.17, 15) is 4.79 Å². The Morgan fingerprint density at radius 2 is 2.13 bits per heavy atom. The van der Waals surface area contributed by atoms with E-state index in [2.05, 4.69) is 18.7 Å². The predicted octanol–water partition coefficient (Wildman–Crippen LogP) is 2.30. The summed E-state index contributed by atoms with van der Waals surface area (Å²) in [4.78, 5) is 14.4. The van der Waals surface area contributed by atoms with E-state index in [0.29, 0.717) is 23.2 Å². The largest absolute Gasteiger partial charge is 0.398 e. The number of nitrogens with two attached hydrogens (primary N) is 2. The number of likely N-dealkylation sites (tertiary alicyclic amines) is 1. The third-order valence-electron chi connectivity index (χ3n) is 6.74. The Kier molecular flexibility index (Phi) is 3.24. The van der Waals surface area contributed by atoms with E-state index in [1.54, 1.807) is 0 Å². The van der Waals surface area contributed by atoms with Crippen LogP contribution in [-0.2, 0) is 11.8 Å². The van der Waals surface area contributed by atoms with Crippen molar-refractivity contribution < 1.29 is 4.79 Å². The Labute approximate surface area is 138 Å². The first-order valence-corrected chi connectivity index (χ1v) is 8.87. The van der Waals surface area contributed by atoms with E-state index in [1.165, 1.54) is 30.5 Å². The molecule has 2 aliphatic carbocycles. The lowest BCUT2D eigenvalue weighted by Crippen LogP contribution is -2.58. The van der Waals surface area contributed by atoms with Gasteiger partial charge in [0.1, 0.15) is 0 Å². The van der Waals surface area contributed by atoms with E-state index in [-0.39, 0.29) is 5.41 Å². The summed E-state index contributed by atoms with van der Waals surface area (Å²) in [7, 11) is 0. The van der Waals surface area contributed by atoms with Crippen molar-refractivity contribution in [1.82, 2.24) is 4.90 Å². The number of piperidine rings is 1. The molecule has 1 heterocycles. The maximum atomic E-state index is 11.7. The standard InChI is InChI=1S/C19H27N3O/c1-11-17-8-13-7-16(20)14(18(21)23)9-15(13)19(11,2)5-6-22(17)10-12-3-4-12/h7,9,11-12,17H,3-6,8,10,20H2,1-2H3,(H2,21,23)/t11-,17+,19+/m0/s1. The number of carbonyl (C=O) groups excluding carboxylic acids is 1. The maximum absolute atomic E-state index is 11.7. The quantitative estimate of drug-likeness (QED) is 0.841. The molecule has 0 radical (unpaired) electrons. The summed E-state index contributed by atoms with van der Waals surface area (Å²) in [5, 5.41) is 0. The minimum Gasteiger partial charge on any atom is -0.398 e. The molecule has 0 spiro atoms.